The van der Waals surface area contributed by atoms with Crippen LogP contribution in [0, 0.1) is 0 Å². The zero-order valence-corrected chi connectivity index (χ0v) is 14.3. The number of aliphatic imine (C=N–C) groups is 1. The van der Waals surface area contributed by atoms with Gasteiger partial charge in [-0.2, -0.15) is 0 Å². The quantitative estimate of drug-likeness (QED) is 0.456. The summed E-state index contributed by atoms with van der Waals surface area (Å²) in [6.07, 6.45) is 0. The summed E-state index contributed by atoms with van der Waals surface area (Å²) in [5, 5.41) is 3.62. The molecule has 2 rings (SSSR count). The van der Waals surface area contributed by atoms with Crippen LogP contribution in [0.4, 0.5) is 5.69 Å². The number of nitrogens with one attached hydrogen (secondary N) is 1. The highest BCUT2D eigenvalue weighted by Crippen LogP contribution is 2.28. The van der Waals surface area contributed by atoms with Crippen LogP contribution < -0.4 is 25.3 Å². The third kappa shape index (κ3) is 5.24. The van der Waals surface area contributed by atoms with Crippen molar-refractivity contribution in [2.75, 3.05) is 32.7 Å². The number of rotatable bonds is 7. The first-order valence-electron chi connectivity index (χ1n) is 7.29. The standard InChI is InChI=1S/C17H20ClN3O3/c1-22-13-6-7-16(23-2)15(11-13)21-17(19)20-8-9-24-14-5-3-4-12(18)10-14/h3-7,10-11H,8-9H2,1-2H3,(H3,19,20,21). The molecular weight excluding hydrogens is 330 g/mol. The van der Waals surface area contributed by atoms with E-state index in [0.29, 0.717) is 41.1 Å². The first-order valence-corrected chi connectivity index (χ1v) is 7.67. The van der Waals surface area contributed by atoms with Crippen LogP contribution in [-0.4, -0.2) is 33.3 Å². The molecule has 24 heavy (non-hydrogen) atoms. The van der Waals surface area contributed by atoms with Crippen LogP contribution in [0.5, 0.6) is 17.2 Å². The Morgan fingerprint density at radius 2 is 1.96 bits per heavy atom. The number of methoxy groups -OCH3 is 2. The average molecular weight is 350 g/mol. The monoisotopic (exact) mass is 349 g/mol. The molecule has 0 aliphatic heterocycles. The summed E-state index contributed by atoms with van der Waals surface area (Å²) >= 11 is 5.89. The lowest BCUT2D eigenvalue weighted by Crippen LogP contribution is -2.24. The molecule has 0 radical (unpaired) electrons. The van der Waals surface area contributed by atoms with Gasteiger partial charge in [-0.3, -0.25) is 0 Å². The van der Waals surface area contributed by atoms with E-state index in [2.05, 4.69) is 10.3 Å². The van der Waals surface area contributed by atoms with Gasteiger partial charge in [0.05, 0.1) is 26.5 Å². The molecule has 2 aromatic carbocycles. The average Bonchev–Trinajstić information content (AvgIpc) is 2.58. The van der Waals surface area contributed by atoms with E-state index in [-0.39, 0.29) is 5.96 Å². The zero-order valence-electron chi connectivity index (χ0n) is 13.6. The highest BCUT2D eigenvalue weighted by Gasteiger charge is 2.06. The minimum atomic E-state index is 0.260. The lowest BCUT2D eigenvalue weighted by Gasteiger charge is -2.12. The topological polar surface area (TPSA) is 78.1 Å². The second-order valence-electron chi connectivity index (χ2n) is 4.76. The van der Waals surface area contributed by atoms with Gasteiger partial charge in [-0.25, -0.2) is 4.99 Å². The molecule has 0 spiro atoms. The van der Waals surface area contributed by atoms with E-state index >= 15 is 0 Å². The second-order valence-corrected chi connectivity index (χ2v) is 5.20. The summed E-state index contributed by atoms with van der Waals surface area (Å²) in [5.41, 5.74) is 6.57. The summed E-state index contributed by atoms with van der Waals surface area (Å²) < 4.78 is 16.0. The van der Waals surface area contributed by atoms with Crippen molar-refractivity contribution in [1.82, 2.24) is 0 Å². The Labute approximate surface area is 146 Å². The normalized spacial score (nSPS) is 11.0. The van der Waals surface area contributed by atoms with Gasteiger partial charge >= 0.3 is 0 Å². The Bertz CT molecular complexity index is 707. The van der Waals surface area contributed by atoms with Crippen LogP contribution >= 0.6 is 11.6 Å². The van der Waals surface area contributed by atoms with Gasteiger partial charge in [0, 0.05) is 11.1 Å². The summed E-state index contributed by atoms with van der Waals surface area (Å²) in [6, 6.07) is 12.6. The van der Waals surface area contributed by atoms with Crippen molar-refractivity contribution in [2.45, 2.75) is 0 Å². The zero-order chi connectivity index (χ0) is 17.4. The molecule has 0 saturated carbocycles. The van der Waals surface area contributed by atoms with E-state index in [1.54, 1.807) is 44.6 Å². The van der Waals surface area contributed by atoms with Crippen LogP contribution in [-0.2, 0) is 0 Å². The number of guanidine groups is 1. The first-order chi connectivity index (χ1) is 11.6. The molecule has 0 atom stereocenters. The lowest BCUT2D eigenvalue weighted by atomic mass is 10.2. The fourth-order valence-corrected chi connectivity index (χ4v) is 2.16. The van der Waals surface area contributed by atoms with Crippen molar-refractivity contribution < 1.29 is 14.2 Å². The molecule has 0 amide bonds. The van der Waals surface area contributed by atoms with E-state index in [4.69, 9.17) is 31.5 Å². The summed E-state index contributed by atoms with van der Waals surface area (Å²) in [6.45, 7) is 0.787. The Morgan fingerprint density at radius 3 is 2.67 bits per heavy atom. The predicted molar refractivity (Wildman–Crippen MR) is 96.6 cm³/mol. The maximum atomic E-state index is 5.89. The SMILES string of the molecule is COc1ccc(OC)c(NC(N)=NCCOc2cccc(Cl)c2)c1. The van der Waals surface area contributed by atoms with Crippen molar-refractivity contribution in [3.8, 4) is 17.2 Å². The summed E-state index contributed by atoms with van der Waals surface area (Å²) in [4.78, 5) is 4.22. The Morgan fingerprint density at radius 1 is 1.12 bits per heavy atom. The fraction of sp³-hybridized carbons (Fsp3) is 0.235. The van der Waals surface area contributed by atoms with Crippen molar-refractivity contribution in [3.63, 3.8) is 0 Å². The van der Waals surface area contributed by atoms with Gasteiger partial charge in [-0.1, -0.05) is 17.7 Å². The number of hydrogen-bond donors (Lipinski definition) is 2. The van der Waals surface area contributed by atoms with Gasteiger partial charge in [0.15, 0.2) is 5.96 Å². The Kier molecular flexibility index (Phi) is 6.57. The Hall–Kier alpha value is -2.60. The molecule has 0 aliphatic carbocycles. The summed E-state index contributed by atoms with van der Waals surface area (Å²) in [5.74, 6) is 2.29. The third-order valence-corrected chi connectivity index (χ3v) is 3.34. The molecular formula is C17H20ClN3O3. The number of nitrogens with two attached hydrogens (primary N) is 1. The smallest absolute Gasteiger partial charge is 0.193 e. The molecule has 128 valence electrons. The van der Waals surface area contributed by atoms with E-state index in [1.165, 1.54) is 0 Å². The number of halogens is 1. The number of anilines is 1. The lowest BCUT2D eigenvalue weighted by molar-refractivity contribution is 0.329. The molecule has 0 saturated heterocycles. The van der Waals surface area contributed by atoms with Crippen molar-refractivity contribution in [1.29, 1.82) is 0 Å². The molecule has 0 heterocycles. The van der Waals surface area contributed by atoms with Gasteiger partial charge in [-0.05, 0) is 30.3 Å². The van der Waals surface area contributed by atoms with Crippen LogP contribution in [0.2, 0.25) is 5.02 Å². The second kappa shape index (κ2) is 8.88. The van der Waals surface area contributed by atoms with Gasteiger partial charge in [0.2, 0.25) is 0 Å². The van der Waals surface area contributed by atoms with Crippen molar-refractivity contribution >= 4 is 23.2 Å². The summed E-state index contributed by atoms with van der Waals surface area (Å²) in [7, 11) is 3.18. The molecule has 0 aliphatic rings. The van der Waals surface area contributed by atoms with Crippen molar-refractivity contribution in [2.24, 2.45) is 10.7 Å². The maximum Gasteiger partial charge on any atom is 0.193 e. The van der Waals surface area contributed by atoms with Crippen LogP contribution in [0.1, 0.15) is 0 Å². The molecule has 0 unspecified atom stereocenters. The van der Waals surface area contributed by atoms with E-state index < -0.39 is 0 Å². The fourth-order valence-electron chi connectivity index (χ4n) is 1.98. The largest absolute Gasteiger partial charge is 0.497 e. The van der Waals surface area contributed by atoms with Crippen LogP contribution in [0.15, 0.2) is 47.5 Å². The van der Waals surface area contributed by atoms with Crippen molar-refractivity contribution in [3.05, 3.63) is 47.5 Å². The molecule has 2 aromatic rings. The Balaban J connectivity index is 1.89. The number of hydrogen-bond acceptors (Lipinski definition) is 4. The van der Waals surface area contributed by atoms with E-state index in [1.807, 2.05) is 12.1 Å². The molecule has 0 fully saturated rings. The van der Waals surface area contributed by atoms with Crippen LogP contribution in [0.25, 0.3) is 0 Å². The van der Waals surface area contributed by atoms with Crippen LogP contribution in [0.3, 0.4) is 0 Å². The maximum absolute atomic E-state index is 5.89. The third-order valence-electron chi connectivity index (χ3n) is 3.11. The predicted octanol–water partition coefficient (Wildman–Crippen LogP) is 3.16. The first kappa shape index (κ1) is 17.7. The molecule has 0 bridgehead atoms. The van der Waals surface area contributed by atoms with Gasteiger partial charge in [-0.15, -0.1) is 0 Å². The molecule has 6 nitrogen and oxygen atoms in total. The van der Waals surface area contributed by atoms with E-state index in [9.17, 15) is 0 Å². The van der Waals surface area contributed by atoms with Gasteiger partial charge < -0.3 is 25.3 Å². The van der Waals surface area contributed by atoms with Gasteiger partial charge in [0.1, 0.15) is 23.9 Å². The minimum Gasteiger partial charge on any atom is -0.497 e. The number of benzene rings is 2. The molecule has 3 N–H and O–H groups in total. The van der Waals surface area contributed by atoms with Gasteiger partial charge in [0.25, 0.3) is 0 Å². The highest BCUT2D eigenvalue weighted by molar-refractivity contribution is 6.30. The molecule has 0 aromatic heterocycles. The van der Waals surface area contributed by atoms with E-state index in [0.717, 1.165) is 0 Å². The highest BCUT2D eigenvalue weighted by atomic mass is 35.5. The molecule has 7 heteroatoms. The number of nitrogens with zero attached hydrogens (tertiary/aromatic N) is 1. The number of ether oxygens (including phenoxy) is 3. The minimum absolute atomic E-state index is 0.260.